The van der Waals surface area contributed by atoms with Crippen LogP contribution in [0.1, 0.15) is 25.7 Å². The molecule has 12 heteroatoms. The van der Waals surface area contributed by atoms with Crippen LogP contribution in [0.4, 0.5) is 38.1 Å². The van der Waals surface area contributed by atoms with Crippen LogP contribution < -0.4 is 15.4 Å². The smallest absolute Gasteiger partial charge is 0.417 e. The Labute approximate surface area is 185 Å². The topological polar surface area (TPSA) is 68.3 Å². The van der Waals surface area contributed by atoms with E-state index >= 15 is 0 Å². The first-order valence-corrected chi connectivity index (χ1v) is 10.6. The van der Waals surface area contributed by atoms with Gasteiger partial charge < -0.3 is 20.1 Å². The van der Waals surface area contributed by atoms with Gasteiger partial charge in [0.05, 0.1) is 19.6 Å². The van der Waals surface area contributed by atoms with Gasteiger partial charge in [0, 0.05) is 23.4 Å². The lowest BCUT2D eigenvalue weighted by Crippen LogP contribution is -2.56. The van der Waals surface area contributed by atoms with E-state index in [2.05, 4.69) is 20.6 Å². The average Bonchev–Trinajstić information content (AvgIpc) is 3.24. The van der Waals surface area contributed by atoms with Crippen molar-refractivity contribution in [3.63, 3.8) is 0 Å². The molecule has 6 nitrogen and oxygen atoms in total. The molecule has 0 amide bonds. The molecule has 0 unspecified atom stereocenters. The second-order valence-electron chi connectivity index (χ2n) is 9.29. The maximum atomic E-state index is 13.3. The van der Waals surface area contributed by atoms with Gasteiger partial charge in [0.2, 0.25) is 5.95 Å². The monoisotopic (exact) mass is 476 g/mol. The third-order valence-corrected chi connectivity index (χ3v) is 6.97. The van der Waals surface area contributed by atoms with Crippen LogP contribution >= 0.6 is 0 Å². The highest BCUT2D eigenvalue weighted by atomic mass is 19.4. The zero-order chi connectivity index (χ0) is 23.6. The molecule has 2 aliphatic heterocycles. The van der Waals surface area contributed by atoms with E-state index in [0.717, 1.165) is 0 Å². The Bertz CT molecular complexity index is 1060. The number of halogens is 6. The van der Waals surface area contributed by atoms with Gasteiger partial charge in [-0.3, -0.25) is 0 Å². The molecule has 0 atom stereocenters. The number of nitrogens with one attached hydrogen (secondary N) is 2. The van der Waals surface area contributed by atoms with Crippen LogP contribution in [0.2, 0.25) is 0 Å². The number of ether oxygens (including phenoxy) is 2. The maximum absolute atomic E-state index is 13.3. The Morgan fingerprint density at radius 3 is 2.45 bits per heavy atom. The lowest BCUT2D eigenvalue weighted by Gasteiger charge is -2.45. The van der Waals surface area contributed by atoms with Crippen LogP contribution in [-0.2, 0) is 4.74 Å². The Hall–Kier alpha value is -2.50. The molecular weight excluding hydrogens is 454 g/mol. The molecule has 4 aliphatic rings. The summed E-state index contributed by atoms with van der Waals surface area (Å²) in [5.74, 6) is -0.390. The number of hydrogen-bond donors (Lipinski definition) is 2. The third-order valence-electron chi connectivity index (χ3n) is 6.97. The Kier molecular flexibility index (Phi) is 4.90. The molecule has 4 fully saturated rings. The molecule has 2 saturated carbocycles. The quantitative estimate of drug-likeness (QED) is 0.578. The van der Waals surface area contributed by atoms with E-state index in [9.17, 15) is 26.3 Å². The fourth-order valence-electron chi connectivity index (χ4n) is 5.06. The summed E-state index contributed by atoms with van der Waals surface area (Å²) in [7, 11) is 1.47. The van der Waals surface area contributed by atoms with Crippen molar-refractivity contribution in [3.8, 4) is 5.75 Å². The summed E-state index contributed by atoms with van der Waals surface area (Å²) in [5, 5.41) is 6.68. The predicted molar refractivity (Wildman–Crippen MR) is 107 cm³/mol. The summed E-state index contributed by atoms with van der Waals surface area (Å²) in [6.45, 7) is 0.213. The van der Waals surface area contributed by atoms with Gasteiger partial charge in [-0.1, -0.05) is 6.07 Å². The van der Waals surface area contributed by atoms with Gasteiger partial charge >= 0.3 is 12.4 Å². The largest absolute Gasteiger partial charge is 0.494 e. The van der Waals surface area contributed by atoms with Crippen molar-refractivity contribution < 1.29 is 35.8 Å². The van der Waals surface area contributed by atoms with Gasteiger partial charge in [0.15, 0.2) is 5.60 Å². The summed E-state index contributed by atoms with van der Waals surface area (Å²) >= 11 is 0. The SMILES string of the molecule is COc1cccc2c(NCC34COC(C(F)(F)F)(C3)C4)nc(NC3CC(C(F)(F)F)C3)nc12. The van der Waals surface area contributed by atoms with E-state index in [4.69, 9.17) is 9.47 Å². The lowest BCUT2D eigenvalue weighted by molar-refractivity contribution is -0.276. The van der Waals surface area contributed by atoms with Crippen molar-refractivity contribution in [3.05, 3.63) is 18.2 Å². The molecule has 33 heavy (non-hydrogen) atoms. The molecule has 3 heterocycles. The Morgan fingerprint density at radius 2 is 1.85 bits per heavy atom. The predicted octanol–water partition coefficient (Wildman–Crippen LogP) is 4.91. The van der Waals surface area contributed by atoms with Gasteiger partial charge in [0.25, 0.3) is 0 Å². The molecule has 2 saturated heterocycles. The van der Waals surface area contributed by atoms with Gasteiger partial charge in [-0.2, -0.15) is 31.3 Å². The summed E-state index contributed by atoms with van der Waals surface area (Å²) in [5.41, 5.74) is -2.25. The van der Waals surface area contributed by atoms with Gasteiger partial charge in [-0.05, 0) is 37.8 Å². The molecule has 2 aromatic rings. The number of hydrogen-bond acceptors (Lipinski definition) is 6. The van der Waals surface area contributed by atoms with E-state index in [0.29, 0.717) is 22.5 Å². The number of benzene rings is 1. The number of aromatic nitrogens is 2. The van der Waals surface area contributed by atoms with Gasteiger partial charge in [-0.15, -0.1) is 0 Å². The van der Waals surface area contributed by atoms with Crippen molar-refractivity contribution in [1.82, 2.24) is 9.97 Å². The number of anilines is 2. The zero-order valence-electron chi connectivity index (χ0n) is 17.6. The van der Waals surface area contributed by atoms with E-state index < -0.39 is 35.3 Å². The normalized spacial score (nSPS) is 31.1. The number of rotatable bonds is 6. The van der Waals surface area contributed by atoms with Crippen LogP contribution in [0, 0.1) is 11.3 Å². The molecule has 1 aromatic carbocycles. The molecule has 180 valence electrons. The molecule has 0 radical (unpaired) electrons. The van der Waals surface area contributed by atoms with E-state index in [1.54, 1.807) is 18.2 Å². The first-order valence-electron chi connectivity index (χ1n) is 10.6. The Morgan fingerprint density at radius 1 is 1.12 bits per heavy atom. The third kappa shape index (κ3) is 3.71. The van der Waals surface area contributed by atoms with Gasteiger partial charge in [-0.25, -0.2) is 4.98 Å². The fraction of sp³-hybridized carbons (Fsp3) is 0.619. The van der Waals surface area contributed by atoms with Gasteiger partial charge in [0.1, 0.15) is 17.1 Å². The molecule has 2 aliphatic carbocycles. The van der Waals surface area contributed by atoms with Crippen molar-refractivity contribution in [2.75, 3.05) is 30.9 Å². The van der Waals surface area contributed by atoms with E-state index in [1.165, 1.54) is 7.11 Å². The van der Waals surface area contributed by atoms with Crippen LogP contribution in [0.25, 0.3) is 10.9 Å². The second-order valence-corrected chi connectivity index (χ2v) is 9.29. The van der Waals surface area contributed by atoms with Crippen LogP contribution in [0.5, 0.6) is 5.75 Å². The number of alkyl halides is 6. The van der Waals surface area contributed by atoms with Crippen LogP contribution in [-0.4, -0.2) is 54.2 Å². The first kappa shape index (κ1) is 22.3. The highest BCUT2D eigenvalue weighted by Crippen LogP contribution is 2.63. The molecular formula is C21H22F6N4O2. The molecule has 1 aromatic heterocycles. The maximum Gasteiger partial charge on any atom is 0.417 e. The van der Waals surface area contributed by atoms with Crippen molar-refractivity contribution in [2.24, 2.45) is 11.3 Å². The molecule has 6 rings (SSSR count). The second kappa shape index (κ2) is 7.25. The summed E-state index contributed by atoms with van der Waals surface area (Å²) in [4.78, 5) is 8.85. The molecule has 0 spiro atoms. The minimum atomic E-state index is -4.41. The van der Waals surface area contributed by atoms with Crippen molar-refractivity contribution in [1.29, 1.82) is 0 Å². The standard InChI is InChI=1S/C21H22F6N4O2/c1-32-14-4-2-3-13-15(14)30-17(29-12-5-11(6-12)20(22,23)24)31-16(13)28-9-18-7-19(8-18,33-10-18)21(25,26)27/h2-4,11-12H,5-10H2,1H3,(H2,28,29,30,31). The summed E-state index contributed by atoms with van der Waals surface area (Å²) < 4.78 is 88.7. The fourth-order valence-corrected chi connectivity index (χ4v) is 5.06. The number of nitrogens with zero attached hydrogens (tertiary/aromatic N) is 2. The molecule has 2 N–H and O–H groups in total. The highest BCUT2D eigenvalue weighted by molar-refractivity contribution is 5.94. The summed E-state index contributed by atoms with van der Waals surface area (Å²) in [6.07, 6.45) is -9.01. The van der Waals surface area contributed by atoms with Crippen molar-refractivity contribution in [2.45, 2.75) is 49.7 Å². The van der Waals surface area contributed by atoms with E-state index in [1.807, 2.05) is 0 Å². The minimum Gasteiger partial charge on any atom is -0.494 e. The Balaban J connectivity index is 1.36. The van der Waals surface area contributed by atoms with Crippen LogP contribution in [0.15, 0.2) is 18.2 Å². The highest BCUT2D eigenvalue weighted by Gasteiger charge is 2.73. The minimum absolute atomic E-state index is 0.00212. The van der Waals surface area contributed by atoms with Crippen LogP contribution in [0.3, 0.4) is 0 Å². The first-order chi connectivity index (χ1) is 15.4. The number of fused-ring (bicyclic) bond motifs is 2. The zero-order valence-corrected chi connectivity index (χ0v) is 17.6. The van der Waals surface area contributed by atoms with Crippen molar-refractivity contribution >= 4 is 22.7 Å². The average molecular weight is 476 g/mol. The molecule has 2 bridgehead atoms. The van der Waals surface area contributed by atoms with E-state index in [-0.39, 0.29) is 44.8 Å². The number of methoxy groups -OCH3 is 1. The number of para-hydroxylation sites is 1. The lowest BCUT2D eigenvalue weighted by atomic mass is 9.62. The summed E-state index contributed by atoms with van der Waals surface area (Å²) in [6, 6.07) is 4.75.